The van der Waals surface area contributed by atoms with Crippen LogP contribution in [0.2, 0.25) is 0 Å². The molecule has 0 unspecified atom stereocenters. The highest BCUT2D eigenvalue weighted by Crippen LogP contribution is 2.23. The topological polar surface area (TPSA) is 67.2 Å². The predicted molar refractivity (Wildman–Crippen MR) is 67.8 cm³/mol. The number of aryl methyl sites for hydroxylation is 1. The molecule has 0 aromatic carbocycles. The zero-order valence-electron chi connectivity index (χ0n) is 10.6. The van der Waals surface area contributed by atoms with Crippen molar-refractivity contribution >= 4 is 5.91 Å². The number of rotatable bonds is 5. The van der Waals surface area contributed by atoms with Crippen molar-refractivity contribution in [1.82, 2.24) is 15.1 Å². The molecule has 0 spiro atoms. The smallest absolute Gasteiger partial charge is 0.221 e. The van der Waals surface area contributed by atoms with E-state index in [4.69, 9.17) is 0 Å². The number of aliphatic hydroxyl groups excluding tert-OH is 1. The summed E-state index contributed by atoms with van der Waals surface area (Å²) in [5, 5.41) is 16.4. The van der Waals surface area contributed by atoms with Crippen LogP contribution in [0.3, 0.4) is 0 Å². The minimum Gasteiger partial charge on any atom is -0.393 e. The van der Waals surface area contributed by atoms with Gasteiger partial charge in [-0.15, -0.1) is 0 Å². The summed E-state index contributed by atoms with van der Waals surface area (Å²) >= 11 is 0. The molecule has 1 aliphatic rings. The Hall–Kier alpha value is -1.36. The summed E-state index contributed by atoms with van der Waals surface area (Å²) in [5.74, 6) is 0.610. The van der Waals surface area contributed by atoms with Crippen molar-refractivity contribution in [2.45, 2.75) is 44.8 Å². The zero-order valence-corrected chi connectivity index (χ0v) is 10.6. The summed E-state index contributed by atoms with van der Waals surface area (Å²) in [6.07, 6.45) is 7.68. The Labute approximate surface area is 107 Å². The van der Waals surface area contributed by atoms with E-state index in [-0.39, 0.29) is 12.0 Å². The lowest BCUT2D eigenvalue weighted by Crippen LogP contribution is -2.32. The molecule has 2 N–H and O–H groups in total. The van der Waals surface area contributed by atoms with E-state index in [0.29, 0.717) is 18.9 Å². The normalized spacial score (nSPS) is 23.8. The molecule has 0 bridgehead atoms. The molecule has 0 atom stereocenters. The maximum atomic E-state index is 11.6. The Balaban J connectivity index is 1.60. The molecule has 1 amide bonds. The monoisotopic (exact) mass is 251 g/mol. The molecule has 18 heavy (non-hydrogen) atoms. The van der Waals surface area contributed by atoms with Gasteiger partial charge in [0.1, 0.15) is 0 Å². The van der Waals surface area contributed by atoms with Gasteiger partial charge in [-0.25, -0.2) is 0 Å². The Bertz CT molecular complexity index is 356. The van der Waals surface area contributed by atoms with Crippen LogP contribution in [0.5, 0.6) is 0 Å². The third-order valence-electron chi connectivity index (χ3n) is 3.53. The molecule has 0 aliphatic heterocycles. The lowest BCUT2D eigenvalue weighted by atomic mass is 9.87. The fourth-order valence-corrected chi connectivity index (χ4v) is 2.34. The van der Waals surface area contributed by atoms with Gasteiger partial charge in [-0.2, -0.15) is 5.10 Å². The van der Waals surface area contributed by atoms with Crippen LogP contribution in [0, 0.1) is 5.92 Å². The van der Waals surface area contributed by atoms with E-state index in [1.54, 1.807) is 10.9 Å². The fourth-order valence-electron chi connectivity index (χ4n) is 2.34. The molecule has 0 radical (unpaired) electrons. The molecule has 0 saturated heterocycles. The Kier molecular flexibility index (Phi) is 4.75. The number of hydrogen-bond donors (Lipinski definition) is 2. The molecular formula is C13H21N3O2. The van der Waals surface area contributed by atoms with Crippen LogP contribution >= 0.6 is 0 Å². The Morgan fingerprint density at radius 3 is 2.83 bits per heavy atom. The number of aromatic nitrogens is 2. The average Bonchev–Trinajstić information content (AvgIpc) is 2.89. The summed E-state index contributed by atoms with van der Waals surface area (Å²) in [6.45, 7) is 1.37. The van der Waals surface area contributed by atoms with Gasteiger partial charge in [0, 0.05) is 31.9 Å². The number of amides is 1. The number of nitrogens with zero attached hydrogens (tertiary/aromatic N) is 2. The van der Waals surface area contributed by atoms with Gasteiger partial charge < -0.3 is 10.4 Å². The predicted octanol–water partition coefficient (Wildman–Crippen LogP) is 0.940. The van der Waals surface area contributed by atoms with Crippen LogP contribution in [0.4, 0.5) is 0 Å². The highest BCUT2D eigenvalue weighted by atomic mass is 16.3. The number of carbonyl (C=O) groups excluding carboxylic acids is 1. The van der Waals surface area contributed by atoms with Crippen molar-refractivity contribution in [3.05, 3.63) is 18.5 Å². The van der Waals surface area contributed by atoms with Crippen LogP contribution in [0.25, 0.3) is 0 Å². The average molecular weight is 251 g/mol. The second kappa shape index (κ2) is 6.54. The second-order valence-corrected chi connectivity index (χ2v) is 5.00. The minimum absolute atomic E-state index is 0.0802. The van der Waals surface area contributed by atoms with Gasteiger partial charge in [-0.1, -0.05) is 0 Å². The Morgan fingerprint density at radius 1 is 1.39 bits per heavy atom. The summed E-state index contributed by atoms with van der Waals surface area (Å²) in [6, 6.07) is 1.85. The van der Waals surface area contributed by atoms with E-state index in [1.165, 1.54) is 0 Å². The van der Waals surface area contributed by atoms with Crippen LogP contribution in [-0.4, -0.2) is 33.4 Å². The van der Waals surface area contributed by atoms with Crippen molar-refractivity contribution in [3.63, 3.8) is 0 Å². The maximum absolute atomic E-state index is 11.6. The van der Waals surface area contributed by atoms with E-state index in [1.807, 2.05) is 12.3 Å². The maximum Gasteiger partial charge on any atom is 0.221 e. The third kappa shape index (κ3) is 4.14. The molecule has 1 fully saturated rings. The zero-order chi connectivity index (χ0) is 12.8. The van der Waals surface area contributed by atoms with Gasteiger partial charge in [0.25, 0.3) is 0 Å². The molecule has 1 saturated carbocycles. The van der Waals surface area contributed by atoms with Crippen molar-refractivity contribution in [2.75, 3.05) is 6.54 Å². The molecule has 5 nitrogen and oxygen atoms in total. The van der Waals surface area contributed by atoms with Crippen molar-refractivity contribution in [2.24, 2.45) is 5.92 Å². The van der Waals surface area contributed by atoms with E-state index in [9.17, 15) is 9.90 Å². The van der Waals surface area contributed by atoms with E-state index >= 15 is 0 Å². The van der Waals surface area contributed by atoms with Gasteiger partial charge in [0.2, 0.25) is 5.91 Å². The first-order valence-corrected chi connectivity index (χ1v) is 6.66. The van der Waals surface area contributed by atoms with Gasteiger partial charge >= 0.3 is 0 Å². The number of carbonyl (C=O) groups is 1. The molecule has 1 aliphatic carbocycles. The molecule has 5 heteroatoms. The summed E-state index contributed by atoms with van der Waals surface area (Å²) in [4.78, 5) is 11.6. The second-order valence-electron chi connectivity index (χ2n) is 5.00. The van der Waals surface area contributed by atoms with Crippen LogP contribution in [-0.2, 0) is 11.3 Å². The standard InChI is InChI=1S/C13H21N3O2/c17-12-4-2-11(3-5-12)10-14-13(18)6-9-16-8-1-7-15-16/h1,7-8,11-12,17H,2-6,9-10H2,(H,14,18). The van der Waals surface area contributed by atoms with Crippen molar-refractivity contribution < 1.29 is 9.90 Å². The van der Waals surface area contributed by atoms with E-state index in [2.05, 4.69) is 10.4 Å². The van der Waals surface area contributed by atoms with Gasteiger partial charge in [-0.05, 0) is 37.7 Å². The summed E-state index contributed by atoms with van der Waals surface area (Å²) in [7, 11) is 0. The van der Waals surface area contributed by atoms with Crippen LogP contribution in [0.1, 0.15) is 32.1 Å². The number of hydrogen-bond acceptors (Lipinski definition) is 3. The van der Waals surface area contributed by atoms with E-state index < -0.39 is 0 Å². The Morgan fingerprint density at radius 2 is 2.17 bits per heavy atom. The molecule has 1 heterocycles. The first-order valence-electron chi connectivity index (χ1n) is 6.66. The largest absolute Gasteiger partial charge is 0.393 e. The first-order chi connectivity index (χ1) is 8.74. The van der Waals surface area contributed by atoms with E-state index in [0.717, 1.165) is 32.2 Å². The highest BCUT2D eigenvalue weighted by Gasteiger charge is 2.19. The first kappa shape index (κ1) is 13.1. The molecular weight excluding hydrogens is 230 g/mol. The van der Waals surface area contributed by atoms with Gasteiger partial charge in [0.15, 0.2) is 0 Å². The van der Waals surface area contributed by atoms with Crippen molar-refractivity contribution in [3.8, 4) is 0 Å². The minimum atomic E-state index is -0.128. The number of aliphatic hydroxyl groups is 1. The molecule has 100 valence electrons. The van der Waals surface area contributed by atoms with Gasteiger partial charge in [0.05, 0.1) is 6.10 Å². The summed E-state index contributed by atoms with van der Waals surface area (Å²) < 4.78 is 1.76. The molecule has 2 rings (SSSR count). The quantitative estimate of drug-likeness (QED) is 0.818. The van der Waals surface area contributed by atoms with Crippen molar-refractivity contribution in [1.29, 1.82) is 0 Å². The summed E-state index contributed by atoms with van der Waals surface area (Å²) in [5.41, 5.74) is 0. The fraction of sp³-hybridized carbons (Fsp3) is 0.692. The lowest BCUT2D eigenvalue weighted by molar-refractivity contribution is -0.121. The molecule has 1 aromatic rings. The SMILES string of the molecule is O=C(CCn1cccn1)NCC1CCC(O)CC1. The third-order valence-corrected chi connectivity index (χ3v) is 3.53. The molecule has 1 aromatic heterocycles. The number of nitrogens with one attached hydrogen (secondary N) is 1. The van der Waals surface area contributed by atoms with Gasteiger partial charge in [-0.3, -0.25) is 9.48 Å². The lowest BCUT2D eigenvalue weighted by Gasteiger charge is -2.25. The highest BCUT2D eigenvalue weighted by molar-refractivity contribution is 5.75. The van der Waals surface area contributed by atoms with Crippen LogP contribution < -0.4 is 5.32 Å². The van der Waals surface area contributed by atoms with Crippen LogP contribution in [0.15, 0.2) is 18.5 Å².